The van der Waals surface area contributed by atoms with Crippen LogP contribution in [-0.2, 0) is 4.79 Å². The predicted molar refractivity (Wildman–Crippen MR) is 104 cm³/mol. The Bertz CT molecular complexity index is 874. The van der Waals surface area contributed by atoms with E-state index in [-0.39, 0.29) is 18.5 Å². The topological polar surface area (TPSA) is 110 Å². The van der Waals surface area contributed by atoms with Crippen LogP contribution < -0.4 is 11.1 Å². The number of aromatic amines is 1. The third kappa shape index (κ3) is 4.57. The van der Waals surface area contributed by atoms with Gasteiger partial charge in [0.25, 0.3) is 0 Å². The summed E-state index contributed by atoms with van der Waals surface area (Å²) in [5.74, 6) is 0.713. The molecule has 1 aromatic heterocycles. The minimum atomic E-state index is -0.216. The molecule has 3 rings (SSSR count). The van der Waals surface area contributed by atoms with Crippen LogP contribution in [0.4, 0.5) is 0 Å². The molecule has 1 amide bonds. The summed E-state index contributed by atoms with van der Waals surface area (Å²) >= 11 is 0. The molecule has 0 aliphatic heterocycles. The maximum atomic E-state index is 12.5. The Kier molecular flexibility index (Phi) is 5.93. The van der Waals surface area contributed by atoms with Crippen LogP contribution in [0.2, 0.25) is 0 Å². The number of rotatable bonds is 7. The number of hydrogen-bond donors (Lipinski definition) is 3. The molecule has 0 saturated carbocycles. The van der Waals surface area contributed by atoms with Crippen LogP contribution in [0.15, 0.2) is 48.5 Å². The third-order valence-electron chi connectivity index (χ3n) is 4.41. The average Bonchev–Trinajstić information content (AvgIpc) is 3.21. The zero-order valence-electron chi connectivity index (χ0n) is 15.5. The highest BCUT2D eigenvalue weighted by Crippen LogP contribution is 2.29. The predicted octanol–water partition coefficient (Wildman–Crippen LogP) is 2.70. The second kappa shape index (κ2) is 8.55. The Morgan fingerprint density at radius 2 is 1.85 bits per heavy atom. The van der Waals surface area contributed by atoms with E-state index in [1.165, 1.54) is 0 Å². The SMILES string of the molecule is CC(C)CC(C(=O)NCN)c1cccc(-c2ccc(-c3nn[nH]n3)cc2)c1. The molecule has 1 heterocycles. The van der Waals surface area contributed by atoms with E-state index in [0.717, 1.165) is 28.7 Å². The first-order valence-corrected chi connectivity index (χ1v) is 9.00. The molecule has 140 valence electrons. The average molecular weight is 364 g/mol. The van der Waals surface area contributed by atoms with Gasteiger partial charge in [0.2, 0.25) is 11.7 Å². The molecule has 1 unspecified atom stereocenters. The maximum absolute atomic E-state index is 12.5. The Hall–Kier alpha value is -3.06. The molecule has 0 radical (unpaired) electrons. The lowest BCUT2D eigenvalue weighted by molar-refractivity contribution is -0.122. The summed E-state index contributed by atoms with van der Waals surface area (Å²) in [6, 6.07) is 16.1. The molecule has 7 heteroatoms. The van der Waals surface area contributed by atoms with Gasteiger partial charge in [-0.1, -0.05) is 62.4 Å². The van der Waals surface area contributed by atoms with E-state index in [0.29, 0.717) is 11.7 Å². The summed E-state index contributed by atoms with van der Waals surface area (Å²) in [5, 5.41) is 16.8. The number of carbonyl (C=O) groups excluding carboxylic acids is 1. The highest BCUT2D eigenvalue weighted by atomic mass is 16.1. The minimum absolute atomic E-state index is 0.0317. The lowest BCUT2D eigenvalue weighted by atomic mass is 9.88. The molecule has 4 N–H and O–H groups in total. The van der Waals surface area contributed by atoms with Crippen molar-refractivity contribution in [2.24, 2.45) is 11.7 Å². The van der Waals surface area contributed by atoms with Gasteiger partial charge in [-0.05, 0) is 34.2 Å². The summed E-state index contributed by atoms with van der Waals surface area (Å²) < 4.78 is 0. The van der Waals surface area contributed by atoms with Gasteiger partial charge in [0, 0.05) is 5.56 Å². The molecule has 0 saturated heterocycles. The molecule has 1 atom stereocenters. The first kappa shape index (κ1) is 18.7. The number of tetrazole rings is 1. The Morgan fingerprint density at radius 3 is 2.48 bits per heavy atom. The normalized spacial score (nSPS) is 12.1. The second-order valence-electron chi connectivity index (χ2n) is 6.87. The molecule has 3 aromatic rings. The minimum Gasteiger partial charge on any atom is -0.343 e. The fourth-order valence-corrected chi connectivity index (χ4v) is 3.12. The second-order valence-corrected chi connectivity index (χ2v) is 6.87. The van der Waals surface area contributed by atoms with Crippen LogP contribution >= 0.6 is 0 Å². The van der Waals surface area contributed by atoms with Crippen molar-refractivity contribution >= 4 is 5.91 Å². The van der Waals surface area contributed by atoms with E-state index < -0.39 is 0 Å². The number of hydrogen-bond acceptors (Lipinski definition) is 5. The van der Waals surface area contributed by atoms with E-state index in [4.69, 9.17) is 5.73 Å². The van der Waals surface area contributed by atoms with Gasteiger partial charge >= 0.3 is 0 Å². The molecule has 0 bridgehead atoms. The largest absolute Gasteiger partial charge is 0.343 e. The third-order valence-corrected chi connectivity index (χ3v) is 4.41. The van der Waals surface area contributed by atoms with Gasteiger partial charge in [-0.2, -0.15) is 5.21 Å². The number of H-pyrrole nitrogens is 1. The van der Waals surface area contributed by atoms with Crippen molar-refractivity contribution in [1.29, 1.82) is 0 Å². The molecular weight excluding hydrogens is 340 g/mol. The van der Waals surface area contributed by atoms with E-state index in [9.17, 15) is 4.79 Å². The summed E-state index contributed by atoms with van der Waals surface area (Å²) in [4.78, 5) is 12.5. The number of nitrogens with one attached hydrogen (secondary N) is 2. The van der Waals surface area contributed by atoms with Crippen molar-refractivity contribution in [2.45, 2.75) is 26.2 Å². The zero-order chi connectivity index (χ0) is 19.2. The highest BCUT2D eigenvalue weighted by Gasteiger charge is 2.21. The summed E-state index contributed by atoms with van der Waals surface area (Å²) in [6.45, 7) is 4.37. The number of carbonyl (C=O) groups is 1. The van der Waals surface area contributed by atoms with Gasteiger partial charge in [-0.15, -0.1) is 10.2 Å². The van der Waals surface area contributed by atoms with Crippen molar-refractivity contribution in [1.82, 2.24) is 25.9 Å². The molecule has 0 aliphatic carbocycles. The molecular formula is C20H24N6O. The molecule has 0 aliphatic rings. The lowest BCUT2D eigenvalue weighted by Gasteiger charge is -2.19. The number of aromatic nitrogens is 4. The van der Waals surface area contributed by atoms with Crippen LogP contribution in [-0.4, -0.2) is 33.2 Å². The molecule has 7 nitrogen and oxygen atoms in total. The van der Waals surface area contributed by atoms with E-state index >= 15 is 0 Å². The Labute approximate surface area is 158 Å². The summed E-state index contributed by atoms with van der Waals surface area (Å²) in [6.07, 6.45) is 0.770. The lowest BCUT2D eigenvalue weighted by Crippen LogP contribution is -2.34. The van der Waals surface area contributed by atoms with Crippen molar-refractivity contribution in [3.8, 4) is 22.5 Å². The molecule has 0 spiro atoms. The van der Waals surface area contributed by atoms with Gasteiger partial charge < -0.3 is 11.1 Å². The monoisotopic (exact) mass is 364 g/mol. The summed E-state index contributed by atoms with van der Waals surface area (Å²) in [7, 11) is 0. The summed E-state index contributed by atoms with van der Waals surface area (Å²) in [5.41, 5.74) is 9.51. The number of nitrogens with two attached hydrogens (primary N) is 1. The van der Waals surface area contributed by atoms with Gasteiger partial charge in [0.05, 0.1) is 12.6 Å². The van der Waals surface area contributed by atoms with Gasteiger partial charge in [0.1, 0.15) is 0 Å². The fraction of sp³-hybridized carbons (Fsp3) is 0.300. The van der Waals surface area contributed by atoms with E-state index in [2.05, 4.69) is 45.9 Å². The van der Waals surface area contributed by atoms with Crippen molar-refractivity contribution in [3.63, 3.8) is 0 Å². The van der Waals surface area contributed by atoms with Crippen molar-refractivity contribution < 1.29 is 4.79 Å². The van der Waals surface area contributed by atoms with Gasteiger partial charge in [-0.3, -0.25) is 4.79 Å². The van der Waals surface area contributed by atoms with Crippen LogP contribution in [0.5, 0.6) is 0 Å². The number of nitrogens with zero attached hydrogens (tertiary/aromatic N) is 3. The van der Waals surface area contributed by atoms with Crippen LogP contribution in [0.1, 0.15) is 31.7 Å². The maximum Gasteiger partial charge on any atom is 0.228 e. The zero-order valence-corrected chi connectivity index (χ0v) is 15.5. The van der Waals surface area contributed by atoms with Crippen molar-refractivity contribution in [3.05, 3.63) is 54.1 Å². The highest BCUT2D eigenvalue weighted by molar-refractivity contribution is 5.84. The molecule has 0 fully saturated rings. The number of benzene rings is 2. The standard InChI is InChI=1S/C20H24N6O/c1-13(2)10-18(20(27)22-12-21)17-5-3-4-16(11-17)14-6-8-15(9-7-14)19-23-25-26-24-19/h3-9,11,13,18H,10,12,21H2,1-2H3,(H,22,27)(H,23,24,25,26). The quantitative estimate of drug-likeness (QED) is 0.558. The smallest absolute Gasteiger partial charge is 0.228 e. The Morgan fingerprint density at radius 1 is 1.11 bits per heavy atom. The molecule has 2 aromatic carbocycles. The first-order valence-electron chi connectivity index (χ1n) is 9.00. The van der Waals surface area contributed by atoms with Gasteiger partial charge in [0.15, 0.2) is 0 Å². The van der Waals surface area contributed by atoms with Crippen LogP contribution in [0, 0.1) is 5.92 Å². The fourth-order valence-electron chi connectivity index (χ4n) is 3.12. The van der Waals surface area contributed by atoms with Crippen LogP contribution in [0.25, 0.3) is 22.5 Å². The first-order chi connectivity index (χ1) is 13.1. The van der Waals surface area contributed by atoms with E-state index in [1.807, 2.05) is 42.5 Å². The molecule has 27 heavy (non-hydrogen) atoms. The van der Waals surface area contributed by atoms with E-state index in [1.54, 1.807) is 0 Å². The van der Waals surface area contributed by atoms with Crippen molar-refractivity contribution in [2.75, 3.05) is 6.67 Å². The Balaban J connectivity index is 1.88. The van der Waals surface area contributed by atoms with Crippen LogP contribution in [0.3, 0.4) is 0 Å². The number of amides is 1. The van der Waals surface area contributed by atoms with Gasteiger partial charge in [-0.25, -0.2) is 0 Å².